The minimum Gasteiger partial charge on any atom is -0.347 e. The van der Waals surface area contributed by atoms with Gasteiger partial charge in [-0.1, -0.05) is 19.8 Å². The molecule has 4 N–H and O–H groups in total. The Bertz CT molecular complexity index is 256. The Morgan fingerprint density at radius 3 is 2.56 bits per heavy atom. The van der Waals surface area contributed by atoms with Gasteiger partial charge in [-0.15, -0.1) is 0 Å². The van der Waals surface area contributed by atoms with Gasteiger partial charge < -0.3 is 16.4 Å². The van der Waals surface area contributed by atoms with Crippen LogP contribution in [0, 0.1) is 5.92 Å². The average Bonchev–Trinajstić information content (AvgIpc) is 2.28. The molecular weight excluding hydrogens is 206 g/mol. The zero-order chi connectivity index (χ0) is 12.0. The van der Waals surface area contributed by atoms with Crippen molar-refractivity contribution in [3.8, 4) is 0 Å². The van der Waals surface area contributed by atoms with E-state index >= 15 is 0 Å². The molecule has 0 aromatic carbocycles. The quantitative estimate of drug-likeness (QED) is 0.582. The zero-order valence-electron chi connectivity index (χ0n) is 9.79. The third-order valence-corrected chi connectivity index (χ3v) is 3.06. The van der Waals surface area contributed by atoms with Crippen LogP contribution in [0.25, 0.3) is 0 Å². The first kappa shape index (κ1) is 13.0. The lowest BCUT2D eigenvalue weighted by Gasteiger charge is -2.29. The smallest absolute Gasteiger partial charge is 0.309 e. The maximum absolute atomic E-state index is 11.5. The summed E-state index contributed by atoms with van der Waals surface area (Å²) in [5.74, 6) is -0.657. The molecule has 2 amide bonds. The summed E-state index contributed by atoms with van der Waals surface area (Å²) >= 11 is 0. The lowest BCUT2D eigenvalue weighted by atomic mass is 9.86. The molecule has 0 heterocycles. The molecule has 0 aromatic rings. The SMILES string of the molecule is CC1CCCCC1NC(=O)C(=O)NCCN. The van der Waals surface area contributed by atoms with E-state index in [0.717, 1.165) is 19.3 Å². The largest absolute Gasteiger partial charge is 0.347 e. The van der Waals surface area contributed by atoms with Gasteiger partial charge in [0.1, 0.15) is 0 Å². The highest BCUT2D eigenvalue weighted by atomic mass is 16.2. The molecule has 92 valence electrons. The van der Waals surface area contributed by atoms with Gasteiger partial charge in [0.25, 0.3) is 0 Å². The van der Waals surface area contributed by atoms with Crippen molar-refractivity contribution in [3.05, 3.63) is 0 Å². The van der Waals surface area contributed by atoms with Crippen LogP contribution in [0.15, 0.2) is 0 Å². The van der Waals surface area contributed by atoms with Crippen molar-refractivity contribution in [1.29, 1.82) is 0 Å². The van der Waals surface area contributed by atoms with Gasteiger partial charge in [-0.25, -0.2) is 0 Å². The van der Waals surface area contributed by atoms with E-state index in [-0.39, 0.29) is 6.04 Å². The minimum absolute atomic E-state index is 0.143. The van der Waals surface area contributed by atoms with E-state index in [0.29, 0.717) is 19.0 Å². The molecule has 1 rings (SSSR count). The third-order valence-electron chi connectivity index (χ3n) is 3.06. The van der Waals surface area contributed by atoms with E-state index < -0.39 is 11.8 Å². The summed E-state index contributed by atoms with van der Waals surface area (Å²) < 4.78 is 0. The Morgan fingerprint density at radius 2 is 1.94 bits per heavy atom. The number of hydrogen-bond donors (Lipinski definition) is 3. The van der Waals surface area contributed by atoms with Crippen LogP contribution in [0.3, 0.4) is 0 Å². The van der Waals surface area contributed by atoms with Crippen molar-refractivity contribution in [1.82, 2.24) is 10.6 Å². The molecule has 0 spiro atoms. The number of nitrogens with one attached hydrogen (secondary N) is 2. The molecule has 16 heavy (non-hydrogen) atoms. The van der Waals surface area contributed by atoms with Crippen molar-refractivity contribution < 1.29 is 9.59 Å². The predicted octanol–water partition coefficient (Wildman–Crippen LogP) is -0.244. The number of carbonyl (C=O) groups is 2. The van der Waals surface area contributed by atoms with E-state index in [1.54, 1.807) is 0 Å². The lowest BCUT2D eigenvalue weighted by molar-refractivity contribution is -0.139. The molecule has 0 aliphatic heterocycles. The van der Waals surface area contributed by atoms with E-state index in [9.17, 15) is 9.59 Å². The van der Waals surface area contributed by atoms with E-state index in [1.807, 2.05) is 0 Å². The number of nitrogens with two attached hydrogens (primary N) is 1. The van der Waals surface area contributed by atoms with Gasteiger partial charge in [-0.3, -0.25) is 9.59 Å². The Labute approximate surface area is 96.1 Å². The molecule has 2 atom stereocenters. The van der Waals surface area contributed by atoms with Gasteiger partial charge in [-0.05, 0) is 18.8 Å². The lowest BCUT2D eigenvalue weighted by Crippen LogP contribution is -2.48. The molecule has 0 bridgehead atoms. The second-order valence-electron chi connectivity index (χ2n) is 4.39. The summed E-state index contributed by atoms with van der Waals surface area (Å²) in [6.45, 7) is 2.80. The maximum Gasteiger partial charge on any atom is 0.309 e. The van der Waals surface area contributed by atoms with Crippen LogP contribution in [-0.4, -0.2) is 30.9 Å². The summed E-state index contributed by atoms with van der Waals surface area (Å²) in [7, 11) is 0. The van der Waals surface area contributed by atoms with Crippen LogP contribution in [0.4, 0.5) is 0 Å². The van der Waals surface area contributed by atoms with Crippen LogP contribution >= 0.6 is 0 Å². The zero-order valence-corrected chi connectivity index (χ0v) is 9.79. The summed E-state index contributed by atoms with van der Waals surface area (Å²) in [6, 6.07) is 0.143. The monoisotopic (exact) mass is 227 g/mol. The fourth-order valence-corrected chi connectivity index (χ4v) is 2.03. The second kappa shape index (κ2) is 6.48. The topological polar surface area (TPSA) is 84.2 Å². The Kier molecular flexibility index (Phi) is 5.25. The van der Waals surface area contributed by atoms with Crippen molar-refractivity contribution in [2.75, 3.05) is 13.1 Å². The van der Waals surface area contributed by atoms with Gasteiger partial charge in [0.15, 0.2) is 0 Å². The van der Waals surface area contributed by atoms with Gasteiger partial charge in [-0.2, -0.15) is 0 Å². The molecule has 0 radical (unpaired) electrons. The summed E-state index contributed by atoms with van der Waals surface area (Å²) in [6.07, 6.45) is 4.43. The van der Waals surface area contributed by atoms with Gasteiger partial charge in [0.2, 0.25) is 0 Å². The molecule has 1 aliphatic carbocycles. The normalized spacial score (nSPS) is 24.9. The second-order valence-corrected chi connectivity index (χ2v) is 4.39. The maximum atomic E-state index is 11.5. The predicted molar refractivity (Wildman–Crippen MR) is 61.6 cm³/mol. The molecule has 5 heteroatoms. The van der Waals surface area contributed by atoms with Crippen LogP contribution in [-0.2, 0) is 9.59 Å². The molecule has 2 unspecified atom stereocenters. The summed E-state index contributed by atoms with van der Waals surface area (Å²) in [5, 5.41) is 5.25. The van der Waals surface area contributed by atoms with Crippen LogP contribution < -0.4 is 16.4 Å². The van der Waals surface area contributed by atoms with Gasteiger partial charge >= 0.3 is 11.8 Å². The molecule has 0 aromatic heterocycles. The number of rotatable bonds is 3. The summed E-state index contributed by atoms with van der Waals surface area (Å²) in [5.41, 5.74) is 5.24. The van der Waals surface area contributed by atoms with E-state index in [1.165, 1.54) is 6.42 Å². The standard InChI is InChI=1S/C11H21N3O2/c1-8-4-2-3-5-9(8)14-11(16)10(15)13-7-6-12/h8-9H,2-7,12H2,1H3,(H,13,15)(H,14,16). The van der Waals surface area contributed by atoms with Crippen LogP contribution in [0.2, 0.25) is 0 Å². The first-order valence-corrected chi connectivity index (χ1v) is 5.94. The average molecular weight is 227 g/mol. The summed E-state index contributed by atoms with van der Waals surface area (Å²) in [4.78, 5) is 22.8. The number of hydrogen-bond acceptors (Lipinski definition) is 3. The van der Waals surface area contributed by atoms with Gasteiger partial charge in [0.05, 0.1) is 0 Å². The van der Waals surface area contributed by atoms with E-state index in [2.05, 4.69) is 17.6 Å². The van der Waals surface area contributed by atoms with Crippen molar-refractivity contribution in [2.24, 2.45) is 11.7 Å². The molecular formula is C11H21N3O2. The fraction of sp³-hybridized carbons (Fsp3) is 0.818. The van der Waals surface area contributed by atoms with Gasteiger partial charge in [0, 0.05) is 19.1 Å². The van der Waals surface area contributed by atoms with Crippen molar-refractivity contribution in [3.63, 3.8) is 0 Å². The molecule has 1 saturated carbocycles. The highest BCUT2D eigenvalue weighted by molar-refractivity contribution is 6.35. The minimum atomic E-state index is -0.580. The Balaban J connectivity index is 2.34. The van der Waals surface area contributed by atoms with Crippen molar-refractivity contribution in [2.45, 2.75) is 38.6 Å². The first-order chi connectivity index (χ1) is 7.65. The highest BCUT2D eigenvalue weighted by Gasteiger charge is 2.24. The molecule has 0 saturated heterocycles. The fourth-order valence-electron chi connectivity index (χ4n) is 2.03. The highest BCUT2D eigenvalue weighted by Crippen LogP contribution is 2.23. The first-order valence-electron chi connectivity index (χ1n) is 5.94. The third kappa shape index (κ3) is 3.81. The van der Waals surface area contributed by atoms with E-state index in [4.69, 9.17) is 5.73 Å². The Hall–Kier alpha value is -1.10. The number of carbonyl (C=O) groups excluding carboxylic acids is 2. The van der Waals surface area contributed by atoms with Crippen molar-refractivity contribution >= 4 is 11.8 Å². The molecule has 5 nitrogen and oxygen atoms in total. The molecule has 1 fully saturated rings. The Morgan fingerprint density at radius 1 is 1.25 bits per heavy atom. The number of amides is 2. The van der Waals surface area contributed by atoms with Crippen LogP contribution in [0.1, 0.15) is 32.6 Å². The molecule has 1 aliphatic rings. The van der Waals surface area contributed by atoms with Crippen LogP contribution in [0.5, 0.6) is 0 Å².